The SMILES string of the molecule is Fc1c(F)c(F)c(C(Cl)(C(F)(F)F)C(F)(F)F)c(C(F)(F)C(F)(F)C(F)(F)C(F)(F)C(F)(F)C(F)(F)C(F)(F)C(F)(F)C(F)(F)C(F)(F)C(F)(F)C(F)(F)F)c1F. The van der Waals surface area contributed by atoms with Crippen LogP contribution < -0.4 is 0 Å². The molecule has 57 heavy (non-hydrogen) atoms. The molecule has 0 aliphatic rings. The fourth-order valence-corrected chi connectivity index (χ4v) is 3.98. The molecule has 0 fully saturated rings. The predicted octanol–water partition coefficient (Wildman–Crippen LogP) is 12.8. The molecule has 1 aromatic carbocycles. The van der Waals surface area contributed by atoms with Crippen LogP contribution in [0.5, 0.6) is 0 Å². The third kappa shape index (κ3) is 6.14. The van der Waals surface area contributed by atoms with Crippen molar-refractivity contribution in [1.82, 2.24) is 0 Å². The molecule has 0 saturated heterocycles. The lowest BCUT2D eigenvalue weighted by Crippen LogP contribution is -2.78. The highest BCUT2D eigenvalue weighted by atomic mass is 35.5. The number of rotatable bonds is 12. The normalized spacial score (nSPS) is 16.4. The Morgan fingerprint density at radius 2 is 0.421 bits per heavy atom. The van der Waals surface area contributed by atoms with Crippen LogP contribution in [0.15, 0.2) is 0 Å². The maximum absolute atomic E-state index is 14.8. The van der Waals surface area contributed by atoms with Gasteiger partial charge in [-0.1, -0.05) is 11.6 Å². The zero-order valence-corrected chi connectivity index (χ0v) is 24.9. The summed E-state index contributed by atoms with van der Waals surface area (Å²) in [4.78, 5) is -7.58. The molecule has 36 heteroatoms. The average molecular weight is 953 g/mol. The van der Waals surface area contributed by atoms with Gasteiger partial charge in [-0.2, -0.15) is 136 Å². The van der Waals surface area contributed by atoms with Crippen molar-refractivity contribution in [3.63, 3.8) is 0 Å². The zero-order chi connectivity index (χ0) is 47.0. The number of halogens is 36. The van der Waals surface area contributed by atoms with Crippen LogP contribution in [-0.4, -0.2) is 77.8 Å². The summed E-state index contributed by atoms with van der Waals surface area (Å²) in [6.07, 6.45) is -24.5. The van der Waals surface area contributed by atoms with Crippen molar-refractivity contribution >= 4 is 11.6 Å². The van der Waals surface area contributed by atoms with Crippen molar-refractivity contribution in [2.75, 3.05) is 0 Å². The molecule has 0 aromatic heterocycles. The number of hydrogen-bond donors (Lipinski definition) is 0. The summed E-state index contributed by atoms with van der Waals surface area (Å²) in [6, 6.07) is 0. The first-order chi connectivity index (χ1) is 24.1. The van der Waals surface area contributed by atoms with Crippen LogP contribution in [0.25, 0.3) is 0 Å². The Morgan fingerprint density at radius 3 is 0.632 bits per heavy atom. The second-order valence-electron chi connectivity index (χ2n) is 10.5. The van der Waals surface area contributed by atoms with Gasteiger partial charge in [-0.15, -0.1) is 0 Å². The summed E-state index contributed by atoms with van der Waals surface area (Å²) in [5, 5.41) is 0. The molecular weight excluding hydrogens is 953 g/mol. The fraction of sp³-hybridized carbons (Fsp3) is 0.714. The highest BCUT2D eigenvalue weighted by Crippen LogP contribution is 2.69. The van der Waals surface area contributed by atoms with Crippen molar-refractivity contribution in [2.24, 2.45) is 0 Å². The van der Waals surface area contributed by atoms with Gasteiger partial charge < -0.3 is 0 Å². The first kappa shape index (κ1) is 52.1. The van der Waals surface area contributed by atoms with Crippen LogP contribution in [0.2, 0.25) is 0 Å². The van der Waals surface area contributed by atoms with E-state index in [1.807, 2.05) is 0 Å². The van der Waals surface area contributed by atoms with Gasteiger partial charge in [0, 0.05) is 5.56 Å². The fourth-order valence-electron chi connectivity index (χ4n) is 3.80. The number of benzene rings is 1. The second kappa shape index (κ2) is 13.0. The first-order valence-corrected chi connectivity index (χ1v) is 12.4. The van der Waals surface area contributed by atoms with E-state index in [0.717, 1.165) is 0 Å². The molecule has 0 amide bonds. The van der Waals surface area contributed by atoms with Gasteiger partial charge in [-0.3, -0.25) is 0 Å². The van der Waals surface area contributed by atoms with Crippen LogP contribution in [0.4, 0.5) is 154 Å². The Bertz CT molecular complexity index is 1670. The molecule has 336 valence electrons. The van der Waals surface area contributed by atoms with E-state index >= 15 is 0 Å². The van der Waals surface area contributed by atoms with E-state index in [9.17, 15) is 154 Å². The summed E-state index contributed by atoms with van der Waals surface area (Å²) in [7, 11) is 0. The van der Waals surface area contributed by atoms with Gasteiger partial charge in [0.05, 0.1) is 5.56 Å². The van der Waals surface area contributed by atoms with E-state index in [0.29, 0.717) is 0 Å². The predicted molar refractivity (Wildman–Crippen MR) is 105 cm³/mol. The molecule has 0 spiro atoms. The number of hydrogen-bond acceptors (Lipinski definition) is 0. The minimum Gasteiger partial charge on any atom is -0.203 e. The molecule has 1 aromatic rings. The summed E-state index contributed by atoms with van der Waals surface area (Å²) < 4.78 is 478. The second-order valence-corrected chi connectivity index (χ2v) is 11.0. The molecule has 0 radical (unpaired) electrons. The summed E-state index contributed by atoms with van der Waals surface area (Å²) in [6.45, 7) is 0. The zero-order valence-electron chi connectivity index (χ0n) is 24.1. The average Bonchev–Trinajstić information content (AvgIpc) is 2.98. The van der Waals surface area contributed by atoms with Crippen LogP contribution in [-0.2, 0) is 10.8 Å². The third-order valence-electron chi connectivity index (χ3n) is 7.01. The van der Waals surface area contributed by atoms with Gasteiger partial charge in [-0.05, 0) is 0 Å². The third-order valence-corrected chi connectivity index (χ3v) is 7.62. The highest BCUT2D eigenvalue weighted by Gasteiger charge is 3.00. The molecule has 0 bridgehead atoms. The van der Waals surface area contributed by atoms with Crippen LogP contribution in [0.1, 0.15) is 11.1 Å². The van der Waals surface area contributed by atoms with Gasteiger partial charge in [-0.25, -0.2) is 17.6 Å². The largest absolute Gasteiger partial charge is 0.460 e. The maximum Gasteiger partial charge on any atom is 0.460 e. The topological polar surface area (TPSA) is 0 Å². The Labute approximate surface area is 289 Å². The monoisotopic (exact) mass is 952 g/mol. The van der Waals surface area contributed by atoms with Crippen LogP contribution in [0, 0.1) is 23.3 Å². The van der Waals surface area contributed by atoms with Crippen molar-refractivity contribution < 1.29 is 154 Å². The smallest absolute Gasteiger partial charge is 0.203 e. The Kier molecular flexibility index (Phi) is 11.9. The summed E-state index contributed by atoms with van der Waals surface area (Å²) in [5.41, 5.74) is -10.8. The van der Waals surface area contributed by atoms with Gasteiger partial charge in [0.25, 0.3) is 4.87 Å². The van der Waals surface area contributed by atoms with Crippen molar-refractivity contribution in [3.8, 4) is 0 Å². The van der Waals surface area contributed by atoms with Gasteiger partial charge >= 0.3 is 83.7 Å². The molecule has 0 N–H and O–H groups in total. The van der Waals surface area contributed by atoms with E-state index in [1.54, 1.807) is 0 Å². The molecule has 0 heterocycles. The van der Waals surface area contributed by atoms with Crippen molar-refractivity contribution in [2.45, 2.75) is 88.6 Å². The first-order valence-electron chi connectivity index (χ1n) is 12.1. The molecule has 0 aliphatic carbocycles. The maximum atomic E-state index is 14.8. The molecule has 0 unspecified atom stereocenters. The van der Waals surface area contributed by atoms with E-state index in [1.165, 1.54) is 0 Å². The van der Waals surface area contributed by atoms with E-state index in [2.05, 4.69) is 11.6 Å². The van der Waals surface area contributed by atoms with E-state index in [4.69, 9.17) is 0 Å². The Balaban J connectivity index is 4.40. The van der Waals surface area contributed by atoms with Crippen LogP contribution >= 0.6 is 11.6 Å². The van der Waals surface area contributed by atoms with Crippen LogP contribution in [0.3, 0.4) is 0 Å². The summed E-state index contributed by atoms with van der Waals surface area (Å²) in [5.74, 6) is -126. The Morgan fingerprint density at radius 1 is 0.228 bits per heavy atom. The minimum absolute atomic E-state index is 3.87. The van der Waals surface area contributed by atoms with Crippen molar-refractivity contribution in [1.29, 1.82) is 0 Å². The van der Waals surface area contributed by atoms with Gasteiger partial charge in [0.15, 0.2) is 23.3 Å². The highest BCUT2D eigenvalue weighted by molar-refractivity contribution is 6.25. The minimum atomic E-state index is -10.2. The number of alkyl halides is 32. The molecule has 1 rings (SSSR count). The lowest BCUT2D eigenvalue weighted by atomic mass is 9.81. The lowest BCUT2D eigenvalue weighted by Gasteiger charge is -2.46. The summed E-state index contributed by atoms with van der Waals surface area (Å²) >= 11 is 3.87. The molecular formula is C21ClF35. The molecule has 0 atom stereocenters. The lowest BCUT2D eigenvalue weighted by molar-refractivity contribution is -0.482. The van der Waals surface area contributed by atoms with Gasteiger partial charge in [0.1, 0.15) is 0 Å². The van der Waals surface area contributed by atoms with E-state index in [-0.39, 0.29) is 0 Å². The molecule has 0 nitrogen and oxygen atoms in total. The quantitative estimate of drug-likeness (QED) is 0.0848. The Hall–Kier alpha value is -2.94. The molecule has 0 aliphatic heterocycles. The van der Waals surface area contributed by atoms with Crippen molar-refractivity contribution in [3.05, 3.63) is 34.4 Å². The van der Waals surface area contributed by atoms with Gasteiger partial charge in [0.2, 0.25) is 0 Å². The van der Waals surface area contributed by atoms with E-state index < -0.39 is 123 Å². The molecule has 0 saturated carbocycles. The standard InChI is InChI=1S/C21ClF35/c22-7(19(49,50)51,20(52,53)54)1-2(4(24)6(26)5(25)3(1)23)8(27,28)9(29,30)10(31,32)11(33,34)12(35,36)13(37,38)14(39,40)15(41,42)16(43,44)17(45,46)18(47,48)21(55,56)57.